The van der Waals surface area contributed by atoms with E-state index in [-0.39, 0.29) is 6.54 Å². The summed E-state index contributed by atoms with van der Waals surface area (Å²) in [6.07, 6.45) is 5.41. The van der Waals surface area contributed by atoms with Crippen molar-refractivity contribution >= 4 is 18.0 Å². The summed E-state index contributed by atoms with van der Waals surface area (Å²) < 4.78 is 2.15. The lowest BCUT2D eigenvalue weighted by atomic mass is 9.91. The third-order valence-corrected chi connectivity index (χ3v) is 5.27. The lowest BCUT2D eigenvalue weighted by molar-refractivity contribution is -0.138. The molecule has 0 saturated carbocycles. The summed E-state index contributed by atoms with van der Waals surface area (Å²) in [6.45, 7) is 5.49. The fraction of sp³-hybridized carbons (Fsp3) is 0.706. The number of carbonyl (C=O) groups is 1. The molecule has 0 atom stereocenters. The second kappa shape index (κ2) is 7.91. The minimum atomic E-state index is -0.781. The number of aliphatic carboxylic acids is 1. The number of carboxylic acids is 1. The second-order valence-electron chi connectivity index (χ2n) is 6.88. The lowest BCUT2D eigenvalue weighted by Crippen LogP contribution is -2.37. The Morgan fingerprint density at radius 3 is 2.60 bits per heavy atom. The summed E-state index contributed by atoms with van der Waals surface area (Å²) in [7, 11) is 0. The SMILES string of the molecule is Cc1nc(N=C=O)n(C2CCNCC2)c1C1CCN(CC(=O)O)CC1. The first kappa shape index (κ1) is 17.8. The maximum Gasteiger partial charge on any atom is 0.317 e. The molecule has 2 fully saturated rings. The second-order valence-corrected chi connectivity index (χ2v) is 6.88. The van der Waals surface area contributed by atoms with E-state index in [1.165, 1.54) is 0 Å². The van der Waals surface area contributed by atoms with Crippen molar-refractivity contribution < 1.29 is 14.7 Å². The molecule has 8 heteroatoms. The Labute approximate surface area is 146 Å². The Bertz CT molecular complexity index is 666. The summed E-state index contributed by atoms with van der Waals surface area (Å²) in [6, 6.07) is 0.293. The number of imidazole rings is 1. The number of nitrogens with zero attached hydrogens (tertiary/aromatic N) is 4. The van der Waals surface area contributed by atoms with Gasteiger partial charge in [-0.3, -0.25) is 9.69 Å². The molecule has 1 aromatic rings. The molecule has 3 rings (SSSR count). The molecular weight excluding hydrogens is 322 g/mol. The van der Waals surface area contributed by atoms with Gasteiger partial charge in [0.1, 0.15) is 0 Å². The number of isocyanates is 1. The largest absolute Gasteiger partial charge is 0.480 e. The van der Waals surface area contributed by atoms with Crippen molar-refractivity contribution in [2.24, 2.45) is 4.99 Å². The highest BCUT2D eigenvalue weighted by atomic mass is 16.4. The Kier molecular flexibility index (Phi) is 5.63. The van der Waals surface area contributed by atoms with Gasteiger partial charge in [-0.2, -0.15) is 0 Å². The number of carbonyl (C=O) groups excluding carboxylic acids is 1. The third-order valence-electron chi connectivity index (χ3n) is 5.27. The van der Waals surface area contributed by atoms with Gasteiger partial charge in [0.05, 0.1) is 12.2 Å². The van der Waals surface area contributed by atoms with Gasteiger partial charge in [-0.15, -0.1) is 4.99 Å². The van der Waals surface area contributed by atoms with E-state index in [4.69, 9.17) is 5.11 Å². The van der Waals surface area contributed by atoms with Crippen LogP contribution in [-0.4, -0.2) is 64.3 Å². The number of aliphatic imine (C=N–C) groups is 1. The molecule has 0 bridgehead atoms. The number of nitrogens with one attached hydrogen (secondary N) is 1. The van der Waals surface area contributed by atoms with Crippen LogP contribution in [0.3, 0.4) is 0 Å². The molecule has 2 N–H and O–H groups in total. The Morgan fingerprint density at radius 1 is 1.32 bits per heavy atom. The van der Waals surface area contributed by atoms with Crippen molar-refractivity contribution in [1.82, 2.24) is 19.8 Å². The van der Waals surface area contributed by atoms with Gasteiger partial charge in [0.15, 0.2) is 0 Å². The van der Waals surface area contributed by atoms with E-state index in [2.05, 4.69) is 19.9 Å². The molecule has 8 nitrogen and oxygen atoms in total. The van der Waals surface area contributed by atoms with Gasteiger partial charge in [0.25, 0.3) is 0 Å². The van der Waals surface area contributed by atoms with Crippen molar-refractivity contribution in [1.29, 1.82) is 0 Å². The molecule has 2 aliphatic heterocycles. The zero-order valence-corrected chi connectivity index (χ0v) is 14.6. The number of hydrogen-bond donors (Lipinski definition) is 2. The number of rotatable bonds is 5. The molecule has 0 amide bonds. The predicted octanol–water partition coefficient (Wildman–Crippen LogP) is 1.35. The van der Waals surface area contributed by atoms with E-state index in [0.717, 1.165) is 63.3 Å². The number of hydrogen-bond acceptors (Lipinski definition) is 6. The Hall–Kier alpha value is -2.02. The highest BCUT2D eigenvalue weighted by Crippen LogP contribution is 2.37. The van der Waals surface area contributed by atoms with Crippen LogP contribution in [0.5, 0.6) is 0 Å². The first-order chi connectivity index (χ1) is 12.1. The molecule has 1 aromatic heterocycles. The highest BCUT2D eigenvalue weighted by molar-refractivity contribution is 5.69. The fourth-order valence-electron chi connectivity index (χ4n) is 4.14. The van der Waals surface area contributed by atoms with Crippen LogP contribution in [0.4, 0.5) is 5.95 Å². The van der Waals surface area contributed by atoms with E-state index in [0.29, 0.717) is 17.9 Å². The first-order valence-electron chi connectivity index (χ1n) is 8.91. The third kappa shape index (κ3) is 3.98. The average Bonchev–Trinajstić information content (AvgIpc) is 2.92. The van der Waals surface area contributed by atoms with Gasteiger partial charge in [0.2, 0.25) is 12.0 Å². The van der Waals surface area contributed by atoms with Crippen molar-refractivity contribution in [3.05, 3.63) is 11.4 Å². The number of piperidine rings is 2. The molecule has 136 valence electrons. The smallest absolute Gasteiger partial charge is 0.317 e. The van der Waals surface area contributed by atoms with E-state index < -0.39 is 5.97 Å². The van der Waals surface area contributed by atoms with Gasteiger partial charge in [-0.05, 0) is 58.8 Å². The minimum Gasteiger partial charge on any atom is -0.480 e. The number of carboxylic acid groups (broad SMARTS) is 1. The first-order valence-corrected chi connectivity index (χ1v) is 8.91. The monoisotopic (exact) mass is 347 g/mol. The highest BCUT2D eigenvalue weighted by Gasteiger charge is 2.30. The van der Waals surface area contributed by atoms with Crippen LogP contribution in [-0.2, 0) is 9.59 Å². The summed E-state index contributed by atoms with van der Waals surface area (Å²) >= 11 is 0. The summed E-state index contributed by atoms with van der Waals surface area (Å²) in [4.78, 5) is 32.1. The van der Waals surface area contributed by atoms with E-state index in [9.17, 15) is 9.59 Å². The molecule has 0 aromatic carbocycles. The zero-order chi connectivity index (χ0) is 17.8. The van der Waals surface area contributed by atoms with Gasteiger partial charge in [-0.1, -0.05) is 0 Å². The lowest BCUT2D eigenvalue weighted by Gasteiger charge is -2.33. The van der Waals surface area contributed by atoms with Crippen LogP contribution in [0, 0.1) is 6.92 Å². The molecule has 25 heavy (non-hydrogen) atoms. The van der Waals surface area contributed by atoms with E-state index in [1.807, 2.05) is 11.8 Å². The molecule has 2 aliphatic rings. The zero-order valence-electron chi connectivity index (χ0n) is 14.6. The van der Waals surface area contributed by atoms with Crippen LogP contribution in [0.15, 0.2) is 4.99 Å². The van der Waals surface area contributed by atoms with E-state index in [1.54, 1.807) is 6.08 Å². The summed E-state index contributed by atoms with van der Waals surface area (Å²) in [5.41, 5.74) is 2.08. The molecule has 0 aliphatic carbocycles. The summed E-state index contributed by atoms with van der Waals surface area (Å²) in [5.74, 6) is 0.00221. The van der Waals surface area contributed by atoms with Crippen LogP contribution in [0.2, 0.25) is 0 Å². The normalized spacial score (nSPS) is 20.4. The molecule has 0 unspecified atom stereocenters. The molecule has 0 spiro atoms. The van der Waals surface area contributed by atoms with Crippen molar-refractivity contribution in [3.8, 4) is 0 Å². The average molecular weight is 347 g/mol. The van der Waals surface area contributed by atoms with E-state index >= 15 is 0 Å². The van der Waals surface area contributed by atoms with Crippen LogP contribution < -0.4 is 5.32 Å². The maximum atomic E-state index is 10.9. The maximum absolute atomic E-state index is 10.9. The van der Waals surface area contributed by atoms with Crippen LogP contribution in [0.25, 0.3) is 0 Å². The Morgan fingerprint density at radius 2 is 2.00 bits per heavy atom. The van der Waals surface area contributed by atoms with Gasteiger partial charge < -0.3 is 15.0 Å². The summed E-state index contributed by atoms with van der Waals surface area (Å²) in [5, 5.41) is 12.3. The molecular formula is C17H25N5O3. The number of aromatic nitrogens is 2. The number of aryl methyl sites for hydroxylation is 1. The molecule has 0 radical (unpaired) electrons. The van der Waals surface area contributed by atoms with Crippen molar-refractivity contribution in [3.63, 3.8) is 0 Å². The van der Waals surface area contributed by atoms with Gasteiger partial charge in [-0.25, -0.2) is 9.78 Å². The fourth-order valence-corrected chi connectivity index (χ4v) is 4.14. The minimum absolute atomic E-state index is 0.0972. The quantitative estimate of drug-likeness (QED) is 0.616. The van der Waals surface area contributed by atoms with Crippen LogP contribution >= 0.6 is 0 Å². The predicted molar refractivity (Wildman–Crippen MR) is 91.9 cm³/mol. The standard InChI is InChI=1S/C17H25N5O3/c1-12-16(13-4-8-21(9-5-13)10-15(24)25)22(17(20-12)19-11-23)14-2-6-18-7-3-14/h13-14,18H,2-10H2,1H3,(H,24,25). The van der Waals surface area contributed by atoms with Gasteiger partial charge >= 0.3 is 5.97 Å². The van der Waals surface area contributed by atoms with Crippen molar-refractivity contribution in [2.75, 3.05) is 32.7 Å². The number of likely N-dealkylation sites (tertiary alicyclic amines) is 1. The van der Waals surface area contributed by atoms with Gasteiger partial charge in [0, 0.05) is 17.7 Å². The molecule has 3 heterocycles. The molecule has 2 saturated heterocycles. The van der Waals surface area contributed by atoms with Crippen LogP contribution in [0.1, 0.15) is 49.0 Å². The topological polar surface area (TPSA) is 99.8 Å². The van der Waals surface area contributed by atoms with Crippen molar-refractivity contribution in [2.45, 2.75) is 44.6 Å². The Balaban J connectivity index is 1.85.